The molecule has 1 N–H and O–H groups in total. The maximum absolute atomic E-state index is 12.1. The highest BCUT2D eigenvalue weighted by molar-refractivity contribution is 7.91. The number of rotatable bonds is 7. The maximum atomic E-state index is 12.1. The van der Waals surface area contributed by atoms with Crippen molar-refractivity contribution in [2.24, 2.45) is 0 Å². The van der Waals surface area contributed by atoms with E-state index in [1.807, 2.05) is 6.92 Å². The van der Waals surface area contributed by atoms with Crippen molar-refractivity contribution in [3.8, 4) is 0 Å². The van der Waals surface area contributed by atoms with E-state index >= 15 is 0 Å². The largest absolute Gasteiger partial charge is 0.325 e. The summed E-state index contributed by atoms with van der Waals surface area (Å²) < 4.78 is 23.0. The van der Waals surface area contributed by atoms with Crippen molar-refractivity contribution in [1.29, 1.82) is 0 Å². The smallest absolute Gasteiger partial charge is 0.241 e. The van der Waals surface area contributed by atoms with Crippen LogP contribution in [0, 0.1) is 0 Å². The molecule has 0 aromatic rings. The Labute approximate surface area is 110 Å². The van der Waals surface area contributed by atoms with E-state index in [9.17, 15) is 13.2 Å². The Kier molecular flexibility index (Phi) is 5.59. The van der Waals surface area contributed by atoms with E-state index in [1.54, 1.807) is 11.8 Å². The highest BCUT2D eigenvalue weighted by atomic mass is 32.2. The van der Waals surface area contributed by atoms with Gasteiger partial charge in [0, 0.05) is 12.3 Å². The molecule has 6 heteroatoms. The normalized spacial score (nSPS) is 24.8. The topological polar surface area (TPSA) is 66.5 Å². The van der Waals surface area contributed by atoms with Crippen LogP contribution in [0.1, 0.15) is 40.0 Å². The zero-order valence-corrected chi connectivity index (χ0v) is 12.3. The van der Waals surface area contributed by atoms with Crippen LogP contribution in [0.2, 0.25) is 0 Å². The molecule has 1 fully saturated rings. The number of sulfone groups is 1. The fourth-order valence-corrected chi connectivity index (χ4v) is 2.96. The lowest BCUT2D eigenvalue weighted by atomic mass is 10.2. The standard InChI is InChI=1S/C12H24N2O3S/c1-4-7-11-13-10(5-2)12(15)14(11)8-9-18(16,17)6-3/h10-11,13H,4-9H2,1-3H3. The molecule has 0 saturated carbocycles. The van der Waals surface area contributed by atoms with Crippen LogP contribution in [-0.4, -0.2) is 49.5 Å². The molecule has 0 aromatic carbocycles. The van der Waals surface area contributed by atoms with Crippen molar-refractivity contribution in [3.05, 3.63) is 0 Å². The van der Waals surface area contributed by atoms with Crippen LogP contribution in [0.5, 0.6) is 0 Å². The lowest BCUT2D eigenvalue weighted by molar-refractivity contribution is -0.129. The molecule has 0 bridgehead atoms. The van der Waals surface area contributed by atoms with E-state index in [0.717, 1.165) is 19.3 Å². The summed E-state index contributed by atoms with van der Waals surface area (Å²) in [5.41, 5.74) is 0. The minimum absolute atomic E-state index is 0.000457. The summed E-state index contributed by atoms with van der Waals surface area (Å²) in [5, 5.41) is 3.28. The number of hydrogen-bond donors (Lipinski definition) is 1. The number of hydrogen-bond acceptors (Lipinski definition) is 4. The summed E-state index contributed by atoms with van der Waals surface area (Å²) in [4.78, 5) is 13.8. The van der Waals surface area contributed by atoms with Crippen molar-refractivity contribution >= 4 is 15.7 Å². The molecule has 1 aliphatic rings. The van der Waals surface area contributed by atoms with Gasteiger partial charge in [-0.05, 0) is 12.8 Å². The maximum Gasteiger partial charge on any atom is 0.241 e. The second-order valence-corrected chi connectivity index (χ2v) is 7.17. The van der Waals surface area contributed by atoms with Crippen molar-refractivity contribution in [3.63, 3.8) is 0 Å². The van der Waals surface area contributed by atoms with Crippen molar-refractivity contribution in [2.75, 3.05) is 18.1 Å². The van der Waals surface area contributed by atoms with Gasteiger partial charge in [-0.2, -0.15) is 0 Å². The molecule has 1 amide bonds. The average Bonchev–Trinajstić information content (AvgIpc) is 2.64. The Hall–Kier alpha value is -0.620. The molecule has 2 unspecified atom stereocenters. The lowest BCUT2D eigenvalue weighted by Crippen LogP contribution is -2.40. The second-order valence-electron chi connectivity index (χ2n) is 4.70. The van der Waals surface area contributed by atoms with Crippen LogP contribution in [0.3, 0.4) is 0 Å². The monoisotopic (exact) mass is 276 g/mol. The highest BCUT2D eigenvalue weighted by Gasteiger charge is 2.37. The summed E-state index contributed by atoms with van der Waals surface area (Å²) >= 11 is 0. The molecule has 1 rings (SSSR count). The number of nitrogens with zero attached hydrogens (tertiary/aromatic N) is 1. The third-order valence-electron chi connectivity index (χ3n) is 3.40. The fraction of sp³-hybridized carbons (Fsp3) is 0.917. The SMILES string of the molecule is CCCC1NC(CC)C(=O)N1CCS(=O)(=O)CC. The van der Waals surface area contributed by atoms with Crippen molar-refractivity contribution in [1.82, 2.24) is 10.2 Å². The van der Waals surface area contributed by atoms with E-state index in [1.165, 1.54) is 0 Å². The predicted molar refractivity (Wildman–Crippen MR) is 72.0 cm³/mol. The van der Waals surface area contributed by atoms with Gasteiger partial charge in [0.2, 0.25) is 5.91 Å². The Morgan fingerprint density at radius 2 is 1.94 bits per heavy atom. The molecule has 0 aliphatic carbocycles. The Balaban J connectivity index is 2.68. The van der Waals surface area contributed by atoms with Gasteiger partial charge in [-0.3, -0.25) is 10.1 Å². The number of nitrogens with one attached hydrogen (secondary N) is 1. The van der Waals surface area contributed by atoms with E-state index < -0.39 is 9.84 Å². The van der Waals surface area contributed by atoms with Crippen molar-refractivity contribution in [2.45, 2.75) is 52.2 Å². The van der Waals surface area contributed by atoms with Gasteiger partial charge in [-0.25, -0.2) is 8.42 Å². The molecule has 1 saturated heterocycles. The first kappa shape index (κ1) is 15.4. The molecule has 5 nitrogen and oxygen atoms in total. The lowest BCUT2D eigenvalue weighted by Gasteiger charge is -2.23. The van der Waals surface area contributed by atoms with E-state index in [2.05, 4.69) is 12.2 Å². The molecule has 0 spiro atoms. The van der Waals surface area contributed by atoms with Gasteiger partial charge in [0.1, 0.15) is 0 Å². The molecule has 0 aromatic heterocycles. The zero-order valence-electron chi connectivity index (χ0n) is 11.5. The minimum atomic E-state index is -3.01. The number of carbonyl (C=O) groups excluding carboxylic acids is 1. The van der Waals surface area contributed by atoms with Crippen LogP contribution in [0.25, 0.3) is 0 Å². The molecule has 106 valence electrons. The second kappa shape index (κ2) is 6.52. The van der Waals surface area contributed by atoms with Crippen LogP contribution in [0.15, 0.2) is 0 Å². The highest BCUT2D eigenvalue weighted by Crippen LogP contribution is 2.17. The first-order valence-corrected chi connectivity index (χ1v) is 8.54. The minimum Gasteiger partial charge on any atom is -0.325 e. The third-order valence-corrected chi connectivity index (χ3v) is 5.09. The quantitative estimate of drug-likeness (QED) is 0.745. The van der Waals surface area contributed by atoms with E-state index in [0.29, 0.717) is 6.54 Å². The first-order chi connectivity index (χ1) is 8.45. The molecular formula is C12H24N2O3S. The number of amides is 1. The van der Waals surface area contributed by atoms with Gasteiger partial charge in [0.05, 0.1) is 18.0 Å². The fourth-order valence-electron chi connectivity index (χ4n) is 2.20. The Bertz CT molecular complexity index is 381. The van der Waals surface area contributed by atoms with Crippen LogP contribution >= 0.6 is 0 Å². The molecule has 0 radical (unpaired) electrons. The molecule has 1 aliphatic heterocycles. The first-order valence-electron chi connectivity index (χ1n) is 6.72. The summed E-state index contributed by atoms with van der Waals surface area (Å²) in [5.74, 6) is 0.244. The Morgan fingerprint density at radius 1 is 1.28 bits per heavy atom. The molecule has 1 heterocycles. The molecule has 2 atom stereocenters. The van der Waals surface area contributed by atoms with E-state index in [-0.39, 0.29) is 29.6 Å². The van der Waals surface area contributed by atoms with Gasteiger partial charge in [0.15, 0.2) is 9.84 Å². The third kappa shape index (κ3) is 3.68. The Morgan fingerprint density at radius 3 is 2.44 bits per heavy atom. The van der Waals surface area contributed by atoms with Crippen LogP contribution in [-0.2, 0) is 14.6 Å². The van der Waals surface area contributed by atoms with E-state index in [4.69, 9.17) is 0 Å². The van der Waals surface area contributed by atoms with Gasteiger partial charge in [-0.1, -0.05) is 27.2 Å². The van der Waals surface area contributed by atoms with Gasteiger partial charge < -0.3 is 4.90 Å². The number of carbonyl (C=O) groups is 1. The van der Waals surface area contributed by atoms with Crippen LogP contribution < -0.4 is 5.32 Å². The van der Waals surface area contributed by atoms with Crippen LogP contribution in [0.4, 0.5) is 0 Å². The molecule has 18 heavy (non-hydrogen) atoms. The van der Waals surface area contributed by atoms with Gasteiger partial charge >= 0.3 is 0 Å². The van der Waals surface area contributed by atoms with Gasteiger partial charge in [-0.15, -0.1) is 0 Å². The summed E-state index contributed by atoms with van der Waals surface area (Å²) in [6.45, 7) is 5.97. The van der Waals surface area contributed by atoms with Crippen molar-refractivity contribution < 1.29 is 13.2 Å². The summed E-state index contributed by atoms with van der Waals surface area (Å²) in [6.07, 6.45) is 2.59. The molecular weight excluding hydrogens is 252 g/mol. The predicted octanol–water partition coefficient (Wildman–Crippen LogP) is 0.758. The zero-order chi connectivity index (χ0) is 13.8. The summed E-state index contributed by atoms with van der Waals surface area (Å²) in [7, 11) is -3.01. The average molecular weight is 276 g/mol. The van der Waals surface area contributed by atoms with Gasteiger partial charge in [0.25, 0.3) is 0 Å². The summed E-state index contributed by atoms with van der Waals surface area (Å²) in [6, 6.07) is -0.147.